The van der Waals surface area contributed by atoms with Gasteiger partial charge in [-0.1, -0.05) is 30.1 Å². The van der Waals surface area contributed by atoms with Gasteiger partial charge in [-0.3, -0.25) is 0 Å². The van der Waals surface area contributed by atoms with E-state index in [-0.39, 0.29) is 0 Å². The number of benzene rings is 1. The third-order valence-corrected chi connectivity index (χ3v) is 2.94. The van der Waals surface area contributed by atoms with Gasteiger partial charge in [0.15, 0.2) is 5.11 Å². The van der Waals surface area contributed by atoms with Crippen LogP contribution in [0.2, 0.25) is 10.0 Å². The molecule has 0 spiro atoms. The highest BCUT2D eigenvalue weighted by Crippen LogP contribution is 2.25. The summed E-state index contributed by atoms with van der Waals surface area (Å²) in [5.41, 5.74) is 0.756. The van der Waals surface area contributed by atoms with Gasteiger partial charge in [-0.15, -0.1) is 0 Å². The van der Waals surface area contributed by atoms with Crippen LogP contribution >= 0.6 is 35.4 Å². The Morgan fingerprint density at radius 2 is 2.12 bits per heavy atom. The summed E-state index contributed by atoms with van der Waals surface area (Å²) in [6.45, 7) is 4.16. The summed E-state index contributed by atoms with van der Waals surface area (Å²) in [6, 6.07) is 5.58. The van der Waals surface area contributed by atoms with Crippen LogP contribution in [0.1, 0.15) is 20.3 Å². The maximum absolute atomic E-state index is 6.01. The smallest absolute Gasteiger partial charge is 0.171 e. The Labute approximate surface area is 111 Å². The molecule has 0 aliphatic heterocycles. The van der Waals surface area contributed by atoms with Gasteiger partial charge in [-0.2, -0.15) is 0 Å². The maximum Gasteiger partial charge on any atom is 0.171 e. The van der Waals surface area contributed by atoms with Crippen molar-refractivity contribution in [3.8, 4) is 0 Å². The highest BCUT2D eigenvalue weighted by molar-refractivity contribution is 7.80. The van der Waals surface area contributed by atoms with Gasteiger partial charge in [0.25, 0.3) is 0 Å². The standard InChI is InChI=1S/C11H14Cl2N2S/c1-3-7(2)14-11(16)15-10-5-4-8(12)6-9(10)13/h4-7H,3H2,1-2H3,(H2,14,15,16)/t7-/m1/s1. The van der Waals surface area contributed by atoms with Gasteiger partial charge in [0.2, 0.25) is 0 Å². The Bertz CT molecular complexity index is 382. The van der Waals surface area contributed by atoms with E-state index >= 15 is 0 Å². The van der Waals surface area contributed by atoms with Crippen LogP contribution in [-0.4, -0.2) is 11.2 Å². The van der Waals surface area contributed by atoms with Gasteiger partial charge >= 0.3 is 0 Å². The first-order valence-electron chi connectivity index (χ1n) is 5.05. The number of rotatable bonds is 3. The van der Waals surface area contributed by atoms with E-state index in [0.717, 1.165) is 12.1 Å². The van der Waals surface area contributed by atoms with Crippen molar-refractivity contribution in [3.63, 3.8) is 0 Å². The molecule has 0 unspecified atom stereocenters. The normalized spacial score (nSPS) is 12.0. The van der Waals surface area contributed by atoms with E-state index in [0.29, 0.717) is 21.2 Å². The van der Waals surface area contributed by atoms with Crippen molar-refractivity contribution in [2.75, 3.05) is 5.32 Å². The van der Waals surface area contributed by atoms with Crippen molar-refractivity contribution in [3.05, 3.63) is 28.2 Å². The molecule has 0 amide bonds. The zero-order chi connectivity index (χ0) is 12.1. The lowest BCUT2D eigenvalue weighted by Gasteiger charge is -2.16. The Morgan fingerprint density at radius 1 is 1.44 bits per heavy atom. The van der Waals surface area contributed by atoms with Gasteiger partial charge < -0.3 is 10.6 Å². The fourth-order valence-corrected chi connectivity index (χ4v) is 1.84. The molecule has 0 bridgehead atoms. The first kappa shape index (κ1) is 13.6. The van der Waals surface area contributed by atoms with Crippen molar-refractivity contribution in [1.82, 2.24) is 5.32 Å². The molecule has 2 nitrogen and oxygen atoms in total. The summed E-state index contributed by atoms with van der Waals surface area (Å²) in [4.78, 5) is 0. The van der Waals surface area contributed by atoms with E-state index < -0.39 is 0 Å². The van der Waals surface area contributed by atoms with Gasteiger partial charge in [-0.25, -0.2) is 0 Å². The van der Waals surface area contributed by atoms with E-state index in [1.54, 1.807) is 18.2 Å². The fourth-order valence-electron chi connectivity index (χ4n) is 1.08. The number of thiocarbonyl (C=S) groups is 1. The largest absolute Gasteiger partial charge is 0.360 e. The highest BCUT2D eigenvalue weighted by Gasteiger charge is 2.05. The van der Waals surface area contributed by atoms with Crippen molar-refractivity contribution in [2.24, 2.45) is 0 Å². The molecule has 1 aromatic carbocycles. The van der Waals surface area contributed by atoms with Gasteiger partial charge in [0.05, 0.1) is 10.7 Å². The second-order valence-corrected chi connectivity index (χ2v) is 4.78. The van der Waals surface area contributed by atoms with Crippen LogP contribution < -0.4 is 10.6 Å². The molecule has 2 N–H and O–H groups in total. The maximum atomic E-state index is 6.01. The zero-order valence-corrected chi connectivity index (χ0v) is 11.5. The third kappa shape index (κ3) is 4.16. The molecule has 0 heterocycles. The Kier molecular flexibility index (Phi) is 5.32. The van der Waals surface area contributed by atoms with Crippen LogP contribution in [-0.2, 0) is 0 Å². The van der Waals surface area contributed by atoms with Crippen molar-refractivity contribution in [2.45, 2.75) is 26.3 Å². The molecule has 0 saturated carbocycles. The van der Waals surface area contributed by atoms with Gasteiger partial charge in [0, 0.05) is 11.1 Å². The van der Waals surface area contributed by atoms with Crippen LogP contribution in [0.4, 0.5) is 5.69 Å². The Morgan fingerprint density at radius 3 is 2.69 bits per heavy atom. The summed E-state index contributed by atoms with van der Waals surface area (Å²) in [7, 11) is 0. The first-order chi connectivity index (χ1) is 7.52. The summed E-state index contributed by atoms with van der Waals surface area (Å²) in [6.07, 6.45) is 1.01. The molecule has 16 heavy (non-hydrogen) atoms. The second kappa shape index (κ2) is 6.28. The van der Waals surface area contributed by atoms with Crippen LogP contribution in [0, 0.1) is 0 Å². The lowest BCUT2D eigenvalue weighted by Crippen LogP contribution is -2.35. The summed E-state index contributed by atoms with van der Waals surface area (Å²) in [5, 5.41) is 7.91. The van der Waals surface area contributed by atoms with Crippen molar-refractivity contribution < 1.29 is 0 Å². The fraction of sp³-hybridized carbons (Fsp3) is 0.364. The van der Waals surface area contributed by atoms with Crippen molar-refractivity contribution in [1.29, 1.82) is 0 Å². The van der Waals surface area contributed by atoms with E-state index in [1.165, 1.54) is 0 Å². The number of halogens is 2. The molecule has 1 atom stereocenters. The summed E-state index contributed by atoms with van der Waals surface area (Å²) in [5.74, 6) is 0. The predicted octanol–water partition coefficient (Wildman–Crippen LogP) is 4.08. The van der Waals surface area contributed by atoms with Gasteiger partial charge in [-0.05, 0) is 43.8 Å². The van der Waals surface area contributed by atoms with E-state index in [4.69, 9.17) is 35.4 Å². The van der Waals surface area contributed by atoms with Crippen LogP contribution in [0.5, 0.6) is 0 Å². The van der Waals surface area contributed by atoms with Crippen LogP contribution in [0.25, 0.3) is 0 Å². The van der Waals surface area contributed by atoms with Crippen LogP contribution in [0.3, 0.4) is 0 Å². The molecule has 0 saturated heterocycles. The third-order valence-electron chi connectivity index (χ3n) is 2.17. The number of nitrogens with one attached hydrogen (secondary N) is 2. The number of anilines is 1. The zero-order valence-electron chi connectivity index (χ0n) is 9.18. The minimum Gasteiger partial charge on any atom is -0.360 e. The quantitative estimate of drug-likeness (QED) is 0.814. The molecule has 5 heteroatoms. The van der Waals surface area contributed by atoms with E-state index in [1.807, 2.05) is 0 Å². The molecule has 1 aromatic rings. The molecular weight excluding hydrogens is 263 g/mol. The SMILES string of the molecule is CC[C@@H](C)NC(=S)Nc1ccc(Cl)cc1Cl. The number of hydrogen-bond acceptors (Lipinski definition) is 1. The second-order valence-electron chi connectivity index (χ2n) is 3.53. The molecule has 0 radical (unpaired) electrons. The average molecular weight is 277 g/mol. The number of hydrogen-bond donors (Lipinski definition) is 2. The Balaban J connectivity index is 2.63. The lowest BCUT2D eigenvalue weighted by atomic mass is 10.3. The molecule has 0 aliphatic carbocycles. The average Bonchev–Trinajstić information content (AvgIpc) is 2.22. The minimum absolute atomic E-state index is 0.339. The monoisotopic (exact) mass is 276 g/mol. The first-order valence-corrected chi connectivity index (χ1v) is 6.22. The summed E-state index contributed by atoms with van der Waals surface area (Å²) >= 11 is 17.0. The topological polar surface area (TPSA) is 24.1 Å². The molecule has 0 aliphatic rings. The van der Waals surface area contributed by atoms with E-state index in [9.17, 15) is 0 Å². The minimum atomic E-state index is 0.339. The van der Waals surface area contributed by atoms with E-state index in [2.05, 4.69) is 24.5 Å². The molecule has 1 rings (SSSR count). The van der Waals surface area contributed by atoms with Crippen LogP contribution in [0.15, 0.2) is 18.2 Å². The lowest BCUT2D eigenvalue weighted by molar-refractivity contribution is 0.646. The van der Waals surface area contributed by atoms with Gasteiger partial charge in [0.1, 0.15) is 0 Å². The summed E-state index contributed by atoms with van der Waals surface area (Å²) < 4.78 is 0. The Hall–Kier alpha value is -0.510. The van der Waals surface area contributed by atoms with Crippen molar-refractivity contribution >= 4 is 46.2 Å². The highest BCUT2D eigenvalue weighted by atomic mass is 35.5. The predicted molar refractivity (Wildman–Crippen MR) is 75.6 cm³/mol. The molecule has 0 aromatic heterocycles. The molecule has 88 valence electrons. The molecular formula is C11H14Cl2N2S. The molecule has 0 fully saturated rings.